The summed E-state index contributed by atoms with van der Waals surface area (Å²) in [5.74, 6) is -0.0517. The predicted octanol–water partition coefficient (Wildman–Crippen LogP) is -0.629. The van der Waals surface area contributed by atoms with Gasteiger partial charge in [0.05, 0.1) is 12.7 Å². The van der Waals surface area contributed by atoms with Gasteiger partial charge in [0.15, 0.2) is 0 Å². The number of methoxy groups -OCH3 is 1. The Morgan fingerprint density at radius 1 is 1.17 bits per heavy atom. The Kier molecular flexibility index (Phi) is 5.41. The average molecular weight is 178 g/mol. The number of hydrogen-bond acceptors (Lipinski definition) is 4. The summed E-state index contributed by atoms with van der Waals surface area (Å²) >= 11 is 0. The van der Waals surface area contributed by atoms with Gasteiger partial charge in [-0.1, -0.05) is 13.8 Å². The van der Waals surface area contributed by atoms with E-state index in [1.54, 1.807) is 13.8 Å². The van der Waals surface area contributed by atoms with Crippen LogP contribution in [0.15, 0.2) is 0 Å². The monoisotopic (exact) mass is 178 g/mol. The summed E-state index contributed by atoms with van der Waals surface area (Å²) < 4.78 is 4.77. The predicted molar refractivity (Wildman–Crippen MR) is 44.7 cm³/mol. The van der Waals surface area contributed by atoms with Crippen molar-refractivity contribution in [2.75, 3.05) is 13.7 Å². The molecule has 0 aromatic carbocycles. The zero-order valence-corrected chi connectivity index (χ0v) is 7.77. The van der Waals surface area contributed by atoms with E-state index < -0.39 is 18.3 Å². The molecule has 4 heteroatoms. The van der Waals surface area contributed by atoms with E-state index in [2.05, 4.69) is 0 Å². The lowest BCUT2D eigenvalue weighted by Gasteiger charge is -2.26. The Hall–Kier alpha value is -0.160. The largest absolute Gasteiger partial charge is 0.394 e. The molecule has 0 amide bonds. The molecule has 3 N–H and O–H groups in total. The van der Waals surface area contributed by atoms with E-state index in [1.165, 1.54) is 7.11 Å². The van der Waals surface area contributed by atoms with E-state index in [4.69, 9.17) is 9.84 Å². The van der Waals surface area contributed by atoms with Crippen molar-refractivity contribution in [3.05, 3.63) is 0 Å². The van der Waals surface area contributed by atoms with Crippen molar-refractivity contribution in [1.82, 2.24) is 0 Å². The SMILES string of the molecule is COC(CO)C(O)C(O)C(C)C. The van der Waals surface area contributed by atoms with Gasteiger partial charge in [0.25, 0.3) is 0 Å². The fourth-order valence-corrected chi connectivity index (χ4v) is 0.936. The minimum atomic E-state index is -1.03. The molecule has 0 aliphatic heterocycles. The lowest BCUT2D eigenvalue weighted by atomic mass is 9.98. The molecule has 0 aliphatic rings. The molecule has 0 spiro atoms. The highest BCUT2D eigenvalue weighted by molar-refractivity contribution is 4.77. The minimum Gasteiger partial charge on any atom is -0.394 e. The van der Waals surface area contributed by atoms with E-state index >= 15 is 0 Å². The third-order valence-corrected chi connectivity index (χ3v) is 1.90. The van der Waals surface area contributed by atoms with E-state index in [1.807, 2.05) is 0 Å². The summed E-state index contributed by atoms with van der Waals surface area (Å²) in [6.45, 7) is 3.29. The zero-order chi connectivity index (χ0) is 9.72. The Morgan fingerprint density at radius 3 is 1.92 bits per heavy atom. The standard InChI is InChI=1S/C8H18O4/c1-5(2)7(10)8(11)6(4-9)12-3/h5-11H,4H2,1-3H3. The van der Waals surface area contributed by atoms with Crippen LogP contribution in [0.25, 0.3) is 0 Å². The molecule has 0 aliphatic carbocycles. The first-order valence-corrected chi connectivity index (χ1v) is 4.04. The number of hydrogen-bond donors (Lipinski definition) is 3. The van der Waals surface area contributed by atoms with Crippen molar-refractivity contribution in [3.8, 4) is 0 Å². The van der Waals surface area contributed by atoms with Crippen molar-refractivity contribution in [1.29, 1.82) is 0 Å². The van der Waals surface area contributed by atoms with Gasteiger partial charge >= 0.3 is 0 Å². The quantitative estimate of drug-likeness (QED) is 0.524. The fraction of sp³-hybridized carbons (Fsp3) is 1.00. The van der Waals surface area contributed by atoms with Gasteiger partial charge in [0, 0.05) is 7.11 Å². The zero-order valence-electron chi connectivity index (χ0n) is 7.77. The van der Waals surface area contributed by atoms with E-state index in [0.29, 0.717) is 0 Å². The van der Waals surface area contributed by atoms with Gasteiger partial charge in [-0.15, -0.1) is 0 Å². The Bertz CT molecular complexity index is 110. The first-order valence-electron chi connectivity index (χ1n) is 4.04. The maximum Gasteiger partial charge on any atom is 0.109 e. The number of aliphatic hydroxyl groups is 3. The van der Waals surface area contributed by atoms with Gasteiger partial charge in [-0.05, 0) is 5.92 Å². The highest BCUT2D eigenvalue weighted by atomic mass is 16.5. The second kappa shape index (κ2) is 5.48. The van der Waals surface area contributed by atoms with Crippen LogP contribution >= 0.6 is 0 Å². The normalized spacial score (nSPS) is 19.2. The van der Waals surface area contributed by atoms with Crippen LogP contribution in [0.2, 0.25) is 0 Å². The molecule has 3 unspecified atom stereocenters. The van der Waals surface area contributed by atoms with Crippen LogP contribution in [0.3, 0.4) is 0 Å². The molecule has 0 saturated carbocycles. The van der Waals surface area contributed by atoms with Crippen molar-refractivity contribution in [3.63, 3.8) is 0 Å². The lowest BCUT2D eigenvalue weighted by Crippen LogP contribution is -2.43. The molecule has 0 aromatic rings. The number of rotatable bonds is 5. The second-order valence-corrected chi connectivity index (χ2v) is 3.18. The molecule has 12 heavy (non-hydrogen) atoms. The van der Waals surface area contributed by atoms with Crippen LogP contribution < -0.4 is 0 Å². The summed E-state index contributed by atoms with van der Waals surface area (Å²) in [5.41, 5.74) is 0. The topological polar surface area (TPSA) is 69.9 Å². The molecular formula is C8H18O4. The van der Waals surface area contributed by atoms with Crippen LogP contribution in [-0.4, -0.2) is 47.3 Å². The van der Waals surface area contributed by atoms with E-state index in [0.717, 1.165) is 0 Å². The Labute approximate surface area is 72.8 Å². The first-order chi connectivity index (χ1) is 5.54. The molecular weight excluding hydrogens is 160 g/mol. The van der Waals surface area contributed by atoms with E-state index in [9.17, 15) is 10.2 Å². The molecule has 0 saturated heterocycles. The van der Waals surface area contributed by atoms with Crippen molar-refractivity contribution < 1.29 is 20.1 Å². The average Bonchev–Trinajstić information content (AvgIpc) is 2.05. The molecule has 74 valence electrons. The summed E-state index contributed by atoms with van der Waals surface area (Å²) in [7, 11) is 1.39. The maximum atomic E-state index is 9.41. The van der Waals surface area contributed by atoms with Crippen molar-refractivity contribution in [2.24, 2.45) is 5.92 Å². The highest BCUT2D eigenvalue weighted by Gasteiger charge is 2.27. The smallest absolute Gasteiger partial charge is 0.109 e. The molecule has 0 bridgehead atoms. The van der Waals surface area contributed by atoms with Gasteiger partial charge in [0.1, 0.15) is 12.2 Å². The molecule has 4 nitrogen and oxygen atoms in total. The van der Waals surface area contributed by atoms with Crippen LogP contribution in [-0.2, 0) is 4.74 Å². The van der Waals surface area contributed by atoms with Gasteiger partial charge < -0.3 is 20.1 Å². The first kappa shape index (κ1) is 11.8. The molecule has 0 heterocycles. The number of ether oxygens (including phenoxy) is 1. The summed E-state index contributed by atoms with van der Waals surface area (Å²) in [6, 6.07) is 0. The molecule has 0 radical (unpaired) electrons. The van der Waals surface area contributed by atoms with Gasteiger partial charge in [-0.3, -0.25) is 0 Å². The van der Waals surface area contributed by atoms with Crippen LogP contribution in [0.1, 0.15) is 13.8 Å². The highest BCUT2D eigenvalue weighted by Crippen LogP contribution is 2.10. The number of aliphatic hydroxyl groups excluding tert-OH is 3. The molecule has 0 rings (SSSR count). The summed E-state index contributed by atoms with van der Waals surface area (Å²) in [4.78, 5) is 0. The van der Waals surface area contributed by atoms with Crippen molar-refractivity contribution >= 4 is 0 Å². The molecule has 3 atom stereocenters. The van der Waals surface area contributed by atoms with Gasteiger partial charge in [0.2, 0.25) is 0 Å². The fourth-order valence-electron chi connectivity index (χ4n) is 0.936. The minimum absolute atomic E-state index is 0.0517. The van der Waals surface area contributed by atoms with Gasteiger partial charge in [-0.25, -0.2) is 0 Å². The maximum absolute atomic E-state index is 9.41. The third kappa shape index (κ3) is 3.06. The second-order valence-electron chi connectivity index (χ2n) is 3.18. The summed E-state index contributed by atoms with van der Waals surface area (Å²) in [5, 5.41) is 27.5. The van der Waals surface area contributed by atoms with Gasteiger partial charge in [-0.2, -0.15) is 0 Å². The van der Waals surface area contributed by atoms with Crippen molar-refractivity contribution in [2.45, 2.75) is 32.2 Å². The molecule has 0 aromatic heterocycles. The van der Waals surface area contributed by atoms with E-state index in [-0.39, 0.29) is 12.5 Å². The lowest BCUT2D eigenvalue weighted by molar-refractivity contribution is -0.104. The van der Waals surface area contributed by atoms with Crippen LogP contribution in [0.4, 0.5) is 0 Å². The van der Waals surface area contributed by atoms with Crippen LogP contribution in [0, 0.1) is 5.92 Å². The van der Waals surface area contributed by atoms with Crippen LogP contribution in [0.5, 0.6) is 0 Å². The molecule has 0 fully saturated rings. The third-order valence-electron chi connectivity index (χ3n) is 1.90. The summed E-state index contributed by atoms with van der Waals surface area (Å²) in [6.07, 6.45) is -2.59. The Morgan fingerprint density at radius 2 is 1.67 bits per heavy atom. The Balaban J connectivity index is 4.05.